The van der Waals surface area contributed by atoms with Gasteiger partial charge in [-0.25, -0.2) is 8.78 Å². The summed E-state index contributed by atoms with van der Waals surface area (Å²) in [5.74, 6) is -4.75. The number of hydrogen-bond acceptors (Lipinski definition) is 2. The number of aliphatic carboxylic acids is 1. The summed E-state index contributed by atoms with van der Waals surface area (Å²) in [7, 11) is 0. The van der Waals surface area contributed by atoms with Crippen LogP contribution in [0.5, 0.6) is 0 Å². The number of carboxylic acid groups (broad SMARTS) is 1. The molecule has 1 saturated heterocycles. The van der Waals surface area contributed by atoms with E-state index in [-0.39, 0.29) is 23.1 Å². The van der Waals surface area contributed by atoms with Crippen molar-refractivity contribution in [2.75, 3.05) is 11.4 Å². The summed E-state index contributed by atoms with van der Waals surface area (Å²) in [6.07, 6.45) is 0.114. The number of rotatable bonds is 2. The van der Waals surface area contributed by atoms with E-state index in [1.807, 2.05) is 0 Å². The topological polar surface area (TPSA) is 57.6 Å². The maximum Gasteiger partial charge on any atom is 0.316 e. The first kappa shape index (κ1) is 12.9. The Balaban J connectivity index is 2.37. The molecule has 1 fully saturated rings. The largest absolute Gasteiger partial charge is 0.481 e. The van der Waals surface area contributed by atoms with Crippen LogP contribution in [0.2, 0.25) is 0 Å². The van der Waals surface area contributed by atoms with Crippen LogP contribution in [0.4, 0.5) is 14.5 Å². The van der Waals surface area contributed by atoms with Crippen LogP contribution in [0.3, 0.4) is 0 Å². The van der Waals surface area contributed by atoms with Gasteiger partial charge in [-0.3, -0.25) is 9.59 Å². The predicted molar refractivity (Wildman–Crippen MR) is 62.2 cm³/mol. The maximum atomic E-state index is 13.6. The van der Waals surface area contributed by atoms with Crippen molar-refractivity contribution in [3.8, 4) is 0 Å². The van der Waals surface area contributed by atoms with Crippen molar-refractivity contribution in [1.29, 1.82) is 0 Å². The lowest BCUT2D eigenvalue weighted by Crippen LogP contribution is -2.30. The van der Waals surface area contributed by atoms with Crippen LogP contribution in [0.15, 0.2) is 16.6 Å². The highest BCUT2D eigenvalue weighted by Crippen LogP contribution is 2.31. The fourth-order valence-electron chi connectivity index (χ4n) is 1.87. The summed E-state index contributed by atoms with van der Waals surface area (Å²) >= 11 is 2.90. The Bertz CT molecular complexity index is 535. The number of hydrogen-bond donors (Lipinski definition) is 1. The lowest BCUT2D eigenvalue weighted by molar-refractivity contribution is -0.144. The molecule has 1 aromatic carbocycles. The highest BCUT2D eigenvalue weighted by atomic mass is 79.9. The van der Waals surface area contributed by atoms with Gasteiger partial charge < -0.3 is 10.0 Å². The standard InChI is InChI=1S/C11H8BrF2NO3/c12-6-3-9(8(14)4-7(6)13)15-2-1-5(10(15)16)11(17)18/h3-5H,1-2H2,(H,17,18). The summed E-state index contributed by atoms with van der Waals surface area (Å²) in [4.78, 5) is 23.6. The molecule has 0 aromatic heterocycles. The minimum Gasteiger partial charge on any atom is -0.481 e. The van der Waals surface area contributed by atoms with Gasteiger partial charge in [0.2, 0.25) is 5.91 Å². The van der Waals surface area contributed by atoms with Crippen LogP contribution < -0.4 is 4.90 Å². The molecule has 1 unspecified atom stereocenters. The first-order chi connectivity index (χ1) is 8.41. The first-order valence-electron chi connectivity index (χ1n) is 5.10. The molecular formula is C11H8BrF2NO3. The highest BCUT2D eigenvalue weighted by molar-refractivity contribution is 9.10. The van der Waals surface area contributed by atoms with E-state index in [0.29, 0.717) is 6.07 Å². The quantitative estimate of drug-likeness (QED) is 0.671. The van der Waals surface area contributed by atoms with Gasteiger partial charge in [0.25, 0.3) is 0 Å². The predicted octanol–water partition coefficient (Wildman–Crippen LogP) is 2.16. The number of halogens is 3. The van der Waals surface area contributed by atoms with E-state index in [0.717, 1.165) is 11.0 Å². The van der Waals surface area contributed by atoms with Crippen LogP contribution in [0.1, 0.15) is 6.42 Å². The average molecular weight is 320 g/mol. The van der Waals surface area contributed by atoms with Crippen LogP contribution in [0, 0.1) is 17.6 Å². The summed E-state index contributed by atoms with van der Waals surface area (Å²) in [6, 6.07) is 1.79. The molecule has 0 aliphatic carbocycles. The number of benzene rings is 1. The minimum absolute atomic E-state index is 0.0190. The second-order valence-corrected chi connectivity index (χ2v) is 4.74. The molecule has 0 spiro atoms. The zero-order valence-electron chi connectivity index (χ0n) is 8.99. The molecule has 1 aliphatic rings. The second kappa shape index (κ2) is 4.64. The minimum atomic E-state index is -1.23. The number of carboxylic acids is 1. The Kier molecular flexibility index (Phi) is 3.34. The van der Waals surface area contributed by atoms with Gasteiger partial charge in [-0.15, -0.1) is 0 Å². The van der Waals surface area contributed by atoms with E-state index >= 15 is 0 Å². The first-order valence-corrected chi connectivity index (χ1v) is 5.90. The molecule has 0 saturated carbocycles. The normalized spacial score (nSPS) is 19.4. The summed E-state index contributed by atoms with van der Waals surface area (Å²) < 4.78 is 26.7. The van der Waals surface area contributed by atoms with Crippen molar-refractivity contribution in [1.82, 2.24) is 0 Å². The Morgan fingerprint density at radius 1 is 1.39 bits per heavy atom. The van der Waals surface area contributed by atoms with Gasteiger partial charge in [-0.2, -0.15) is 0 Å². The van der Waals surface area contributed by atoms with Gasteiger partial charge >= 0.3 is 5.97 Å². The monoisotopic (exact) mass is 319 g/mol. The second-order valence-electron chi connectivity index (χ2n) is 3.89. The van der Waals surface area contributed by atoms with Gasteiger partial charge in [0.1, 0.15) is 17.6 Å². The third-order valence-corrected chi connectivity index (χ3v) is 3.39. The van der Waals surface area contributed by atoms with Crippen molar-refractivity contribution < 1.29 is 23.5 Å². The van der Waals surface area contributed by atoms with E-state index in [1.165, 1.54) is 0 Å². The van der Waals surface area contributed by atoms with Gasteiger partial charge in [0.05, 0.1) is 10.2 Å². The third-order valence-electron chi connectivity index (χ3n) is 2.78. The lowest BCUT2D eigenvalue weighted by Gasteiger charge is -2.17. The van der Waals surface area contributed by atoms with Crippen LogP contribution >= 0.6 is 15.9 Å². The molecule has 1 amide bonds. The van der Waals surface area contributed by atoms with Crippen molar-refractivity contribution in [2.24, 2.45) is 5.92 Å². The Labute approximate surface area is 109 Å². The van der Waals surface area contributed by atoms with Crippen molar-refractivity contribution in [2.45, 2.75) is 6.42 Å². The van der Waals surface area contributed by atoms with E-state index in [9.17, 15) is 18.4 Å². The average Bonchev–Trinajstić information content (AvgIpc) is 2.66. The van der Waals surface area contributed by atoms with Crippen molar-refractivity contribution >= 4 is 33.5 Å². The van der Waals surface area contributed by atoms with Crippen molar-refractivity contribution in [3.63, 3.8) is 0 Å². The molecule has 2 rings (SSSR count). The van der Waals surface area contributed by atoms with Gasteiger partial charge in [0, 0.05) is 12.6 Å². The van der Waals surface area contributed by atoms with Gasteiger partial charge in [-0.1, -0.05) is 0 Å². The number of amides is 1. The smallest absolute Gasteiger partial charge is 0.316 e. The molecule has 96 valence electrons. The molecule has 18 heavy (non-hydrogen) atoms. The number of carbonyl (C=O) groups excluding carboxylic acids is 1. The Morgan fingerprint density at radius 2 is 2.06 bits per heavy atom. The van der Waals surface area contributed by atoms with Gasteiger partial charge in [-0.05, 0) is 28.4 Å². The highest BCUT2D eigenvalue weighted by Gasteiger charge is 2.38. The number of anilines is 1. The Hall–Kier alpha value is -1.50. The van der Waals surface area contributed by atoms with Crippen LogP contribution in [-0.2, 0) is 9.59 Å². The Morgan fingerprint density at radius 3 is 2.61 bits per heavy atom. The van der Waals surface area contributed by atoms with Crippen LogP contribution in [0.25, 0.3) is 0 Å². The summed E-state index contributed by atoms with van der Waals surface area (Å²) in [5.41, 5.74) is -0.114. The molecule has 1 heterocycles. The fraction of sp³-hybridized carbons (Fsp3) is 0.273. The molecule has 1 atom stereocenters. The molecule has 0 radical (unpaired) electrons. The molecule has 1 aliphatic heterocycles. The zero-order chi connectivity index (χ0) is 13.4. The third kappa shape index (κ3) is 2.10. The SMILES string of the molecule is O=C(O)C1CCN(c2cc(Br)c(F)cc2F)C1=O. The van der Waals surface area contributed by atoms with E-state index in [4.69, 9.17) is 5.11 Å². The number of nitrogens with zero attached hydrogens (tertiary/aromatic N) is 1. The fourth-order valence-corrected chi connectivity index (χ4v) is 2.20. The van der Waals surface area contributed by atoms with Gasteiger partial charge in [0.15, 0.2) is 0 Å². The van der Waals surface area contributed by atoms with E-state index < -0.39 is 29.4 Å². The molecule has 1 N–H and O–H groups in total. The molecule has 1 aromatic rings. The zero-order valence-corrected chi connectivity index (χ0v) is 10.6. The number of carbonyl (C=O) groups is 2. The summed E-state index contributed by atoms with van der Waals surface area (Å²) in [6.45, 7) is 0.102. The molecule has 7 heteroatoms. The van der Waals surface area contributed by atoms with E-state index in [1.54, 1.807) is 0 Å². The van der Waals surface area contributed by atoms with Crippen LogP contribution in [-0.4, -0.2) is 23.5 Å². The summed E-state index contributed by atoms with van der Waals surface area (Å²) in [5, 5.41) is 8.81. The molecular weight excluding hydrogens is 312 g/mol. The lowest BCUT2D eigenvalue weighted by atomic mass is 10.1. The molecule has 0 bridgehead atoms. The molecule has 4 nitrogen and oxygen atoms in total. The van der Waals surface area contributed by atoms with Crippen molar-refractivity contribution in [3.05, 3.63) is 28.2 Å². The van der Waals surface area contributed by atoms with E-state index in [2.05, 4.69) is 15.9 Å². The maximum absolute atomic E-state index is 13.6.